The summed E-state index contributed by atoms with van der Waals surface area (Å²) < 4.78 is 6.19. The molecule has 6 rings (SSSR count). The summed E-state index contributed by atoms with van der Waals surface area (Å²) in [4.78, 5) is 13.1. The van der Waals surface area contributed by atoms with E-state index >= 15 is 0 Å². The highest BCUT2D eigenvalue weighted by molar-refractivity contribution is 6.18. The first-order valence-electron chi connectivity index (χ1n) is 9.67. The lowest BCUT2D eigenvalue weighted by atomic mass is 9.80. The Morgan fingerprint density at radius 1 is 0.552 bits per heavy atom. The molecule has 0 radical (unpaired) electrons. The molecule has 1 heterocycles. The quantitative estimate of drug-likeness (QED) is 0.395. The summed E-state index contributed by atoms with van der Waals surface area (Å²) in [6, 6.07) is 29.9. The minimum Gasteiger partial charge on any atom is -0.456 e. The van der Waals surface area contributed by atoms with Crippen LogP contribution in [-0.4, -0.2) is 5.78 Å². The number of fused-ring (bicyclic) bond motifs is 4. The van der Waals surface area contributed by atoms with Gasteiger partial charge >= 0.3 is 0 Å². The average Bonchev–Trinajstić information content (AvgIpc) is 2.78. The van der Waals surface area contributed by atoms with Crippen LogP contribution in [0.2, 0.25) is 0 Å². The summed E-state index contributed by atoms with van der Waals surface area (Å²) in [5, 5.41) is 2.12. The fourth-order valence-electron chi connectivity index (χ4n) is 4.35. The molecule has 0 unspecified atom stereocenters. The van der Waals surface area contributed by atoms with Gasteiger partial charge in [-0.1, -0.05) is 78.9 Å². The molecule has 0 atom stereocenters. The molecular weight excluding hydrogens is 356 g/mol. The van der Waals surface area contributed by atoms with E-state index in [0.29, 0.717) is 0 Å². The lowest BCUT2D eigenvalue weighted by Gasteiger charge is -2.23. The van der Waals surface area contributed by atoms with E-state index in [1.807, 2.05) is 78.9 Å². The van der Waals surface area contributed by atoms with Gasteiger partial charge in [0.2, 0.25) is 0 Å². The van der Waals surface area contributed by atoms with Crippen molar-refractivity contribution in [1.82, 2.24) is 0 Å². The van der Waals surface area contributed by atoms with Crippen molar-refractivity contribution in [3.63, 3.8) is 0 Å². The maximum Gasteiger partial charge on any atom is 0.194 e. The third kappa shape index (κ3) is 2.33. The Bertz CT molecular complexity index is 1390. The van der Waals surface area contributed by atoms with E-state index in [4.69, 9.17) is 4.74 Å². The topological polar surface area (TPSA) is 26.3 Å². The van der Waals surface area contributed by atoms with Gasteiger partial charge in [0.05, 0.1) is 0 Å². The van der Waals surface area contributed by atoms with E-state index < -0.39 is 0 Å². The number of carbonyl (C=O) groups excluding carboxylic acids is 1. The van der Waals surface area contributed by atoms with Crippen molar-refractivity contribution in [1.29, 1.82) is 0 Å². The van der Waals surface area contributed by atoms with E-state index in [1.165, 1.54) is 0 Å². The molecule has 0 fully saturated rings. The first kappa shape index (κ1) is 16.1. The molecule has 0 saturated carbocycles. The lowest BCUT2D eigenvalue weighted by Crippen LogP contribution is -2.32. The molecule has 1 aliphatic carbocycles. The number of ketones is 1. The molecule has 0 N–H and O–H groups in total. The fourth-order valence-corrected chi connectivity index (χ4v) is 4.35. The zero-order valence-electron chi connectivity index (χ0n) is 15.6. The van der Waals surface area contributed by atoms with E-state index in [9.17, 15) is 4.79 Å². The number of hydrogen-bond acceptors (Lipinski definition) is 2. The minimum absolute atomic E-state index is 0.0790. The maximum atomic E-state index is 13.1. The smallest absolute Gasteiger partial charge is 0.194 e. The molecule has 0 aromatic heterocycles. The zero-order chi connectivity index (χ0) is 19.4. The minimum atomic E-state index is 0.0790. The number of benzene rings is 4. The second-order valence-corrected chi connectivity index (χ2v) is 7.30. The zero-order valence-corrected chi connectivity index (χ0v) is 15.6. The molecule has 29 heavy (non-hydrogen) atoms. The molecule has 0 amide bonds. The molecule has 2 nitrogen and oxygen atoms in total. The molecule has 0 bridgehead atoms. The van der Waals surface area contributed by atoms with Crippen molar-refractivity contribution < 1.29 is 9.53 Å². The van der Waals surface area contributed by atoms with Crippen LogP contribution in [0, 0.1) is 0 Å². The monoisotopic (exact) mass is 372 g/mol. The standard InChI is InChI=1S/C27H16O2/c28-27-21-11-4-2-9-18(21)26(19-10-3-5-12-22(19)27)20-13-7-15-25-23(20)16-17-8-1-6-14-24(17)29-25/h1-16H. The summed E-state index contributed by atoms with van der Waals surface area (Å²) in [5.74, 6) is 1.78. The molecule has 4 aromatic rings. The van der Waals surface area contributed by atoms with E-state index in [2.05, 4.69) is 18.2 Å². The SMILES string of the molecule is O=C1c2ccccc2C(=c2cccc3c2=Cc2ccccc2O3)c2ccccc21. The van der Waals surface area contributed by atoms with E-state index in [-0.39, 0.29) is 5.78 Å². The van der Waals surface area contributed by atoms with Crippen LogP contribution in [0.4, 0.5) is 0 Å². The van der Waals surface area contributed by atoms with Crippen LogP contribution in [0.25, 0.3) is 11.6 Å². The average molecular weight is 372 g/mol. The molecular formula is C27H16O2. The van der Waals surface area contributed by atoms with Crippen molar-refractivity contribution in [2.24, 2.45) is 0 Å². The van der Waals surface area contributed by atoms with E-state index in [1.54, 1.807) is 0 Å². The van der Waals surface area contributed by atoms with Crippen LogP contribution in [-0.2, 0) is 0 Å². The molecule has 0 saturated heterocycles. The fraction of sp³-hybridized carbons (Fsp3) is 0. The normalized spacial score (nSPS) is 13.4. The van der Waals surface area contributed by atoms with Crippen molar-refractivity contribution in [2.75, 3.05) is 0 Å². The highest BCUT2D eigenvalue weighted by atomic mass is 16.5. The Balaban J connectivity index is 1.81. The summed E-state index contributed by atoms with van der Waals surface area (Å²) >= 11 is 0. The molecule has 136 valence electrons. The number of para-hydroxylation sites is 1. The molecule has 2 aliphatic rings. The van der Waals surface area contributed by atoms with Gasteiger partial charge in [-0.15, -0.1) is 0 Å². The van der Waals surface area contributed by atoms with Crippen molar-refractivity contribution in [3.8, 4) is 11.5 Å². The largest absolute Gasteiger partial charge is 0.456 e. The molecule has 1 aliphatic heterocycles. The lowest BCUT2D eigenvalue weighted by molar-refractivity contribution is 0.103. The highest BCUT2D eigenvalue weighted by Gasteiger charge is 2.27. The van der Waals surface area contributed by atoms with Gasteiger partial charge in [-0.05, 0) is 40.1 Å². The summed E-state index contributed by atoms with van der Waals surface area (Å²) in [6.07, 6.45) is 2.18. The van der Waals surface area contributed by atoms with Crippen molar-refractivity contribution >= 4 is 17.4 Å². The maximum absolute atomic E-state index is 13.1. The number of rotatable bonds is 0. The third-order valence-corrected chi connectivity index (χ3v) is 5.66. The number of carbonyl (C=O) groups is 1. The first-order valence-corrected chi connectivity index (χ1v) is 9.67. The van der Waals surface area contributed by atoms with Gasteiger partial charge < -0.3 is 4.74 Å². The Kier molecular flexibility index (Phi) is 3.35. The second-order valence-electron chi connectivity index (χ2n) is 7.30. The second kappa shape index (κ2) is 6.05. The van der Waals surface area contributed by atoms with Gasteiger partial charge in [0, 0.05) is 21.9 Å². The summed E-state index contributed by atoms with van der Waals surface area (Å²) in [5.41, 5.74) is 5.56. The van der Waals surface area contributed by atoms with Gasteiger partial charge in [-0.3, -0.25) is 4.79 Å². The van der Waals surface area contributed by atoms with Crippen LogP contribution in [0.5, 0.6) is 11.5 Å². The van der Waals surface area contributed by atoms with Gasteiger partial charge in [0.1, 0.15) is 11.5 Å². The van der Waals surface area contributed by atoms with Gasteiger partial charge in [0.15, 0.2) is 5.78 Å². The van der Waals surface area contributed by atoms with Gasteiger partial charge in [-0.25, -0.2) is 0 Å². The Morgan fingerprint density at radius 3 is 1.86 bits per heavy atom. The van der Waals surface area contributed by atoms with Crippen molar-refractivity contribution in [2.45, 2.75) is 0 Å². The summed E-state index contributed by atoms with van der Waals surface area (Å²) in [7, 11) is 0. The predicted molar refractivity (Wildman–Crippen MR) is 114 cm³/mol. The van der Waals surface area contributed by atoms with Crippen LogP contribution in [0.15, 0.2) is 91.0 Å². The van der Waals surface area contributed by atoms with Crippen molar-refractivity contribution in [3.05, 3.63) is 129 Å². The predicted octanol–water partition coefficient (Wildman–Crippen LogP) is 4.41. The van der Waals surface area contributed by atoms with Crippen LogP contribution < -0.4 is 15.2 Å². The van der Waals surface area contributed by atoms with E-state index in [0.717, 1.165) is 55.3 Å². The highest BCUT2D eigenvalue weighted by Crippen LogP contribution is 2.34. The van der Waals surface area contributed by atoms with Crippen LogP contribution in [0.1, 0.15) is 32.6 Å². The Morgan fingerprint density at radius 2 is 1.14 bits per heavy atom. The first-order chi connectivity index (χ1) is 14.3. The van der Waals surface area contributed by atoms with Crippen LogP contribution >= 0.6 is 0 Å². The molecule has 2 heteroatoms. The number of ether oxygens (including phenoxy) is 1. The van der Waals surface area contributed by atoms with Crippen LogP contribution in [0.3, 0.4) is 0 Å². The molecule has 4 aromatic carbocycles. The molecule has 0 spiro atoms. The number of hydrogen-bond donors (Lipinski definition) is 0. The Hall–Kier alpha value is -3.91. The third-order valence-electron chi connectivity index (χ3n) is 5.66. The summed E-state index contributed by atoms with van der Waals surface area (Å²) in [6.45, 7) is 0. The Labute approximate surface area is 168 Å². The van der Waals surface area contributed by atoms with Gasteiger partial charge in [-0.2, -0.15) is 0 Å². The van der Waals surface area contributed by atoms with Gasteiger partial charge in [0.25, 0.3) is 0 Å².